The van der Waals surface area contributed by atoms with Crippen molar-refractivity contribution in [3.8, 4) is 0 Å². The van der Waals surface area contributed by atoms with Crippen molar-refractivity contribution in [2.24, 2.45) is 11.3 Å². The summed E-state index contributed by atoms with van der Waals surface area (Å²) in [4.78, 5) is 25.4. The smallest absolute Gasteiger partial charge is 0.311 e. The summed E-state index contributed by atoms with van der Waals surface area (Å²) in [6.45, 7) is 1.52. The number of nitrogens with zero attached hydrogens (tertiary/aromatic N) is 1. The van der Waals surface area contributed by atoms with E-state index in [1.165, 1.54) is 12.5 Å². The second kappa shape index (κ2) is 4.38. The first-order valence-corrected chi connectivity index (χ1v) is 6.26. The number of hydrogen-bond donors (Lipinski definition) is 1. The van der Waals surface area contributed by atoms with E-state index >= 15 is 0 Å². The van der Waals surface area contributed by atoms with Gasteiger partial charge in [-0.25, -0.2) is 0 Å². The van der Waals surface area contributed by atoms with E-state index in [1.54, 1.807) is 11.0 Å². The van der Waals surface area contributed by atoms with E-state index in [9.17, 15) is 14.7 Å². The predicted octanol–water partition coefficient (Wildman–Crippen LogP) is 0.843. The molecule has 0 radical (unpaired) electrons. The second-order valence-corrected chi connectivity index (χ2v) is 5.18. The Morgan fingerprint density at radius 3 is 2.95 bits per heavy atom. The highest BCUT2D eigenvalue weighted by Crippen LogP contribution is 2.42. The van der Waals surface area contributed by atoms with Gasteiger partial charge in [-0.3, -0.25) is 9.59 Å². The number of carbonyl (C=O) groups excluding carboxylic acids is 1. The molecule has 102 valence electrons. The fourth-order valence-corrected chi connectivity index (χ4v) is 3.02. The summed E-state index contributed by atoms with van der Waals surface area (Å²) in [5, 5.41) is 9.52. The summed E-state index contributed by atoms with van der Waals surface area (Å²) in [5.74, 6) is -1.14. The van der Waals surface area contributed by atoms with Crippen LogP contribution in [0.4, 0.5) is 0 Å². The van der Waals surface area contributed by atoms with Gasteiger partial charge in [-0.1, -0.05) is 0 Å². The third kappa shape index (κ3) is 1.83. The first kappa shape index (κ1) is 12.2. The van der Waals surface area contributed by atoms with Gasteiger partial charge in [0.1, 0.15) is 6.26 Å². The van der Waals surface area contributed by atoms with Gasteiger partial charge in [0.25, 0.3) is 5.91 Å². The van der Waals surface area contributed by atoms with Gasteiger partial charge in [-0.2, -0.15) is 0 Å². The number of furan rings is 1. The van der Waals surface area contributed by atoms with Crippen molar-refractivity contribution < 1.29 is 23.8 Å². The quantitative estimate of drug-likeness (QED) is 0.857. The molecule has 3 rings (SSSR count). The monoisotopic (exact) mass is 265 g/mol. The van der Waals surface area contributed by atoms with E-state index in [-0.39, 0.29) is 18.4 Å². The number of likely N-dealkylation sites (tertiary alicyclic amines) is 1. The van der Waals surface area contributed by atoms with E-state index in [2.05, 4.69) is 0 Å². The van der Waals surface area contributed by atoms with Gasteiger partial charge in [0.05, 0.1) is 23.8 Å². The summed E-state index contributed by atoms with van der Waals surface area (Å²) in [5.41, 5.74) is -0.391. The lowest BCUT2D eigenvalue weighted by atomic mass is 9.74. The Morgan fingerprint density at radius 2 is 2.32 bits per heavy atom. The maximum Gasteiger partial charge on any atom is 0.311 e. The van der Waals surface area contributed by atoms with Gasteiger partial charge < -0.3 is 19.2 Å². The molecule has 0 unspecified atom stereocenters. The van der Waals surface area contributed by atoms with Gasteiger partial charge in [0.2, 0.25) is 0 Å². The summed E-state index contributed by atoms with van der Waals surface area (Å²) in [6.07, 6.45) is 3.28. The average Bonchev–Trinajstić information content (AvgIpc) is 3.05. The zero-order chi connectivity index (χ0) is 13.5. The van der Waals surface area contributed by atoms with Crippen LogP contribution < -0.4 is 0 Å². The third-order valence-corrected chi connectivity index (χ3v) is 4.19. The lowest BCUT2D eigenvalue weighted by molar-refractivity contribution is -0.157. The fourth-order valence-electron chi connectivity index (χ4n) is 3.02. The average molecular weight is 265 g/mol. The molecular weight excluding hydrogens is 250 g/mol. The highest BCUT2D eigenvalue weighted by atomic mass is 16.5. The van der Waals surface area contributed by atoms with E-state index < -0.39 is 11.4 Å². The van der Waals surface area contributed by atoms with Crippen molar-refractivity contribution in [1.29, 1.82) is 0 Å². The molecular formula is C13H15NO5. The topological polar surface area (TPSA) is 80.0 Å². The maximum atomic E-state index is 12.2. The largest absolute Gasteiger partial charge is 0.481 e. The molecule has 1 N–H and O–H groups in total. The minimum Gasteiger partial charge on any atom is -0.481 e. The van der Waals surface area contributed by atoms with Crippen LogP contribution in [0.1, 0.15) is 16.8 Å². The first-order chi connectivity index (χ1) is 9.13. The Labute approximate surface area is 109 Å². The molecule has 0 aliphatic carbocycles. The van der Waals surface area contributed by atoms with Crippen LogP contribution in [0.2, 0.25) is 0 Å². The molecule has 0 bridgehead atoms. The van der Waals surface area contributed by atoms with E-state index in [1.807, 2.05) is 0 Å². The zero-order valence-corrected chi connectivity index (χ0v) is 10.4. The van der Waals surface area contributed by atoms with Crippen LogP contribution in [0.3, 0.4) is 0 Å². The van der Waals surface area contributed by atoms with Gasteiger partial charge in [0.15, 0.2) is 0 Å². The highest BCUT2D eigenvalue weighted by molar-refractivity contribution is 5.94. The van der Waals surface area contributed by atoms with Crippen molar-refractivity contribution in [1.82, 2.24) is 4.90 Å². The predicted molar refractivity (Wildman–Crippen MR) is 63.6 cm³/mol. The number of amides is 1. The molecule has 2 aliphatic rings. The highest BCUT2D eigenvalue weighted by Gasteiger charge is 2.54. The lowest BCUT2D eigenvalue weighted by Crippen LogP contribution is -2.45. The standard InChI is InChI=1S/C13H15NO5/c15-11(9-1-3-18-6-9)14-5-10-7-19-4-2-13(10,8-14)12(16)17/h1,3,6,10H,2,4-5,7-8H2,(H,16,17)/t10-,13+/m0/s1. The molecule has 19 heavy (non-hydrogen) atoms. The van der Waals surface area contributed by atoms with Crippen LogP contribution in [-0.2, 0) is 9.53 Å². The number of carbonyl (C=O) groups is 2. The zero-order valence-electron chi connectivity index (χ0n) is 10.4. The van der Waals surface area contributed by atoms with Crippen LogP contribution in [0.15, 0.2) is 23.0 Å². The van der Waals surface area contributed by atoms with Crippen molar-refractivity contribution in [2.45, 2.75) is 6.42 Å². The molecule has 6 heteroatoms. The number of ether oxygens (including phenoxy) is 1. The van der Waals surface area contributed by atoms with Crippen LogP contribution in [0.25, 0.3) is 0 Å². The van der Waals surface area contributed by atoms with E-state index in [0.717, 1.165) is 0 Å². The third-order valence-electron chi connectivity index (χ3n) is 4.19. The summed E-state index contributed by atoms with van der Waals surface area (Å²) >= 11 is 0. The summed E-state index contributed by atoms with van der Waals surface area (Å²) < 4.78 is 10.3. The molecule has 2 saturated heterocycles. The van der Waals surface area contributed by atoms with Gasteiger partial charge >= 0.3 is 5.97 Å². The number of fused-ring (bicyclic) bond motifs is 1. The molecule has 3 heterocycles. The molecule has 0 spiro atoms. The number of aliphatic carboxylic acids is 1. The van der Waals surface area contributed by atoms with Crippen molar-refractivity contribution in [3.63, 3.8) is 0 Å². The van der Waals surface area contributed by atoms with Crippen LogP contribution in [0.5, 0.6) is 0 Å². The number of carboxylic acid groups (broad SMARTS) is 1. The Balaban J connectivity index is 1.84. The van der Waals surface area contributed by atoms with Crippen LogP contribution in [-0.4, -0.2) is 48.2 Å². The molecule has 1 aromatic rings. The Morgan fingerprint density at radius 1 is 1.47 bits per heavy atom. The lowest BCUT2D eigenvalue weighted by Gasteiger charge is -2.33. The Hall–Kier alpha value is -1.82. The molecule has 1 aromatic heterocycles. The minimum absolute atomic E-state index is 0.130. The molecule has 0 saturated carbocycles. The fraction of sp³-hybridized carbons (Fsp3) is 0.538. The first-order valence-electron chi connectivity index (χ1n) is 6.26. The molecule has 6 nitrogen and oxygen atoms in total. The molecule has 0 aromatic carbocycles. The van der Waals surface area contributed by atoms with Gasteiger partial charge in [0, 0.05) is 25.6 Å². The van der Waals surface area contributed by atoms with E-state index in [4.69, 9.17) is 9.15 Å². The number of hydrogen-bond acceptors (Lipinski definition) is 4. The Kier molecular flexibility index (Phi) is 2.82. The van der Waals surface area contributed by atoms with Crippen LogP contribution in [0, 0.1) is 11.3 Å². The molecule has 2 aliphatic heterocycles. The summed E-state index contributed by atoms with van der Waals surface area (Å²) in [6, 6.07) is 1.59. The van der Waals surface area contributed by atoms with Gasteiger partial charge in [-0.05, 0) is 12.5 Å². The van der Waals surface area contributed by atoms with E-state index in [0.29, 0.717) is 31.7 Å². The maximum absolute atomic E-state index is 12.2. The van der Waals surface area contributed by atoms with Crippen molar-refractivity contribution in [3.05, 3.63) is 24.2 Å². The number of rotatable bonds is 2. The number of carboxylic acids is 1. The van der Waals surface area contributed by atoms with Crippen molar-refractivity contribution in [2.75, 3.05) is 26.3 Å². The molecule has 2 atom stereocenters. The summed E-state index contributed by atoms with van der Waals surface area (Å²) in [7, 11) is 0. The van der Waals surface area contributed by atoms with Crippen LogP contribution >= 0.6 is 0 Å². The second-order valence-electron chi connectivity index (χ2n) is 5.18. The van der Waals surface area contributed by atoms with Crippen molar-refractivity contribution >= 4 is 11.9 Å². The molecule has 2 fully saturated rings. The SMILES string of the molecule is O=C(c1ccoc1)N1C[C@H]2COCC[C@@]2(C(=O)O)C1. The minimum atomic E-state index is -0.850. The normalized spacial score (nSPS) is 30.1. The van der Waals surface area contributed by atoms with Gasteiger partial charge in [-0.15, -0.1) is 0 Å². The Bertz CT molecular complexity index is 497. The molecule has 1 amide bonds.